The van der Waals surface area contributed by atoms with E-state index in [1.807, 2.05) is 12.1 Å². The minimum absolute atomic E-state index is 0. The Morgan fingerprint density at radius 1 is 1.12 bits per heavy atom. The maximum absolute atomic E-state index is 6.04. The second-order valence-corrected chi connectivity index (χ2v) is 5.42. The minimum atomic E-state index is 0. The maximum Gasteiger partial charge on any atom is 0.0598 e. The number of nitrogens with one attached hydrogen (secondary N) is 1. The monoisotopic (exact) mass is 289 g/mol. The molecule has 1 aromatic carbocycles. The summed E-state index contributed by atoms with van der Waals surface area (Å²) in [5.74, 6) is 1.49. The van der Waals surface area contributed by atoms with Crippen LogP contribution in [-0.4, -0.2) is 13.1 Å². The summed E-state index contributed by atoms with van der Waals surface area (Å²) in [6.07, 6.45) is 3.56. The highest BCUT2D eigenvalue weighted by atomic mass is 35.5. The molecular weight excluding hydrogens is 277 g/mol. The lowest BCUT2D eigenvalue weighted by Gasteiger charge is -2.07. The lowest BCUT2D eigenvalue weighted by Crippen LogP contribution is -2.09. The summed E-state index contributed by atoms with van der Waals surface area (Å²) < 4.78 is 0. The molecule has 3 rings (SSSR count). The third-order valence-corrected chi connectivity index (χ3v) is 4.32. The van der Waals surface area contributed by atoms with E-state index >= 15 is 0 Å². The van der Waals surface area contributed by atoms with Gasteiger partial charge in [-0.1, -0.05) is 35.3 Å². The van der Waals surface area contributed by atoms with Crippen molar-refractivity contribution in [3.05, 3.63) is 39.9 Å². The molecule has 0 radical (unpaired) electrons. The number of halogens is 3. The zero-order chi connectivity index (χ0) is 11.1. The van der Waals surface area contributed by atoms with Crippen molar-refractivity contribution in [2.75, 3.05) is 13.1 Å². The number of hydrogen-bond donors (Lipinski definition) is 1. The van der Waals surface area contributed by atoms with Crippen molar-refractivity contribution in [1.29, 1.82) is 0 Å². The number of hydrogen-bond acceptors (Lipinski definition) is 1. The lowest BCUT2D eigenvalue weighted by molar-refractivity contribution is 0.536. The van der Waals surface area contributed by atoms with Crippen LogP contribution in [0.1, 0.15) is 12.0 Å². The van der Waals surface area contributed by atoms with Gasteiger partial charge in [0, 0.05) is 6.54 Å². The Morgan fingerprint density at radius 3 is 2.65 bits per heavy atom. The van der Waals surface area contributed by atoms with Crippen LogP contribution in [0.3, 0.4) is 0 Å². The Kier molecular flexibility index (Phi) is 4.04. The van der Waals surface area contributed by atoms with Crippen molar-refractivity contribution in [2.24, 2.45) is 11.8 Å². The van der Waals surface area contributed by atoms with Gasteiger partial charge in [0.05, 0.1) is 10.0 Å². The molecule has 0 aromatic heterocycles. The standard InChI is InChI=1S/C13H13Cl2N.ClH/c14-12-2-1-8(5-13(12)15)9-3-10-6-16-7-11(10)4-9;/h1-3,5,10-11,16H,4,6-7H2;1H. The van der Waals surface area contributed by atoms with E-state index in [4.69, 9.17) is 23.2 Å². The summed E-state index contributed by atoms with van der Waals surface area (Å²) in [5, 5.41) is 4.70. The Morgan fingerprint density at radius 2 is 1.94 bits per heavy atom. The number of fused-ring (bicyclic) bond motifs is 1. The molecule has 1 aliphatic heterocycles. The zero-order valence-corrected chi connectivity index (χ0v) is 11.6. The van der Waals surface area contributed by atoms with Gasteiger partial charge in [-0.25, -0.2) is 0 Å². The fourth-order valence-electron chi connectivity index (χ4n) is 2.69. The van der Waals surface area contributed by atoms with E-state index in [1.165, 1.54) is 11.1 Å². The van der Waals surface area contributed by atoms with Crippen LogP contribution in [0, 0.1) is 11.8 Å². The minimum Gasteiger partial charge on any atom is -0.316 e. The van der Waals surface area contributed by atoms with Crippen LogP contribution >= 0.6 is 35.6 Å². The summed E-state index contributed by atoms with van der Waals surface area (Å²) in [4.78, 5) is 0. The quantitative estimate of drug-likeness (QED) is 0.823. The van der Waals surface area contributed by atoms with Crippen molar-refractivity contribution in [1.82, 2.24) is 5.32 Å². The second-order valence-electron chi connectivity index (χ2n) is 4.61. The Hall–Kier alpha value is -0.210. The normalized spacial score (nSPS) is 26.4. The highest BCUT2D eigenvalue weighted by Gasteiger charge is 2.31. The van der Waals surface area contributed by atoms with Crippen LogP contribution < -0.4 is 5.32 Å². The average molecular weight is 291 g/mol. The summed E-state index contributed by atoms with van der Waals surface area (Å²) in [6, 6.07) is 5.92. The third-order valence-electron chi connectivity index (χ3n) is 3.58. The van der Waals surface area contributed by atoms with Crippen LogP contribution in [0.25, 0.3) is 5.57 Å². The largest absolute Gasteiger partial charge is 0.316 e. The summed E-state index contributed by atoms with van der Waals surface area (Å²) >= 11 is 12.0. The molecule has 0 bridgehead atoms. The highest BCUT2D eigenvalue weighted by molar-refractivity contribution is 6.42. The molecule has 1 fully saturated rings. The van der Waals surface area contributed by atoms with Gasteiger partial charge in [0.2, 0.25) is 0 Å². The van der Waals surface area contributed by atoms with E-state index in [2.05, 4.69) is 17.5 Å². The molecular formula is C13H14Cl3N. The molecule has 1 aromatic rings. The number of benzene rings is 1. The molecule has 0 amide bonds. The van der Waals surface area contributed by atoms with Crippen LogP contribution in [0.5, 0.6) is 0 Å². The topological polar surface area (TPSA) is 12.0 Å². The lowest BCUT2D eigenvalue weighted by atomic mass is 9.98. The van der Waals surface area contributed by atoms with E-state index in [9.17, 15) is 0 Å². The van der Waals surface area contributed by atoms with Gasteiger partial charge < -0.3 is 5.32 Å². The van der Waals surface area contributed by atoms with E-state index in [1.54, 1.807) is 0 Å². The van der Waals surface area contributed by atoms with Crippen molar-refractivity contribution >= 4 is 41.2 Å². The number of rotatable bonds is 1. The average Bonchev–Trinajstić information content (AvgIpc) is 2.81. The summed E-state index contributed by atoms with van der Waals surface area (Å²) in [7, 11) is 0. The second kappa shape index (κ2) is 5.19. The molecule has 1 saturated heterocycles. The fourth-order valence-corrected chi connectivity index (χ4v) is 2.99. The molecule has 2 atom stereocenters. The van der Waals surface area contributed by atoms with Gasteiger partial charge in [0.25, 0.3) is 0 Å². The van der Waals surface area contributed by atoms with Gasteiger partial charge in [-0.3, -0.25) is 0 Å². The van der Waals surface area contributed by atoms with Gasteiger partial charge in [-0.05, 0) is 48.1 Å². The van der Waals surface area contributed by atoms with Gasteiger partial charge in [0.1, 0.15) is 0 Å². The van der Waals surface area contributed by atoms with E-state index in [0.717, 1.165) is 25.4 Å². The predicted molar refractivity (Wildman–Crippen MR) is 76.2 cm³/mol. The van der Waals surface area contributed by atoms with Gasteiger partial charge in [-0.15, -0.1) is 12.4 Å². The van der Waals surface area contributed by atoms with Crippen LogP contribution in [0.4, 0.5) is 0 Å². The third kappa shape index (κ3) is 2.48. The molecule has 0 spiro atoms. The van der Waals surface area contributed by atoms with E-state index < -0.39 is 0 Å². The molecule has 17 heavy (non-hydrogen) atoms. The fraction of sp³-hybridized carbons (Fsp3) is 0.385. The van der Waals surface area contributed by atoms with Gasteiger partial charge in [0.15, 0.2) is 0 Å². The predicted octanol–water partition coefficient (Wildman–Crippen LogP) is 4.04. The first kappa shape index (κ1) is 13.2. The Bertz CT molecular complexity index is 456. The molecule has 1 heterocycles. The summed E-state index contributed by atoms with van der Waals surface area (Å²) in [6.45, 7) is 2.27. The Labute approximate surface area is 118 Å². The highest BCUT2D eigenvalue weighted by Crippen LogP contribution is 2.39. The maximum atomic E-state index is 6.04. The molecule has 2 aliphatic rings. The molecule has 0 saturated carbocycles. The van der Waals surface area contributed by atoms with Crippen LogP contribution in [0.15, 0.2) is 24.3 Å². The smallest absolute Gasteiger partial charge is 0.0598 e. The summed E-state index contributed by atoms with van der Waals surface area (Å²) in [5.41, 5.74) is 2.65. The van der Waals surface area contributed by atoms with Gasteiger partial charge in [-0.2, -0.15) is 0 Å². The Balaban J connectivity index is 0.00000108. The number of allylic oxidation sites excluding steroid dienone is 1. The van der Waals surface area contributed by atoms with E-state index in [0.29, 0.717) is 16.0 Å². The van der Waals surface area contributed by atoms with Crippen LogP contribution in [0.2, 0.25) is 10.0 Å². The van der Waals surface area contributed by atoms with Gasteiger partial charge >= 0.3 is 0 Å². The molecule has 4 heteroatoms. The molecule has 1 nitrogen and oxygen atoms in total. The molecule has 1 aliphatic carbocycles. The molecule has 1 N–H and O–H groups in total. The first-order chi connectivity index (χ1) is 7.74. The molecule has 92 valence electrons. The molecule has 2 unspecified atom stereocenters. The van der Waals surface area contributed by atoms with Crippen molar-refractivity contribution in [2.45, 2.75) is 6.42 Å². The first-order valence-electron chi connectivity index (χ1n) is 5.61. The van der Waals surface area contributed by atoms with Crippen molar-refractivity contribution < 1.29 is 0 Å². The van der Waals surface area contributed by atoms with Crippen LogP contribution in [-0.2, 0) is 0 Å². The SMILES string of the molecule is Cl.Clc1ccc(C2=CC3CNCC3C2)cc1Cl. The first-order valence-corrected chi connectivity index (χ1v) is 6.36. The van der Waals surface area contributed by atoms with E-state index in [-0.39, 0.29) is 12.4 Å². The van der Waals surface area contributed by atoms with Crippen molar-refractivity contribution in [3.8, 4) is 0 Å². The van der Waals surface area contributed by atoms with Crippen molar-refractivity contribution in [3.63, 3.8) is 0 Å². The zero-order valence-electron chi connectivity index (χ0n) is 9.25.